The van der Waals surface area contributed by atoms with Gasteiger partial charge in [0.25, 0.3) is 0 Å². The summed E-state index contributed by atoms with van der Waals surface area (Å²) in [7, 11) is 1.70. The normalized spacial score (nSPS) is 11.2. The molecule has 0 radical (unpaired) electrons. The maximum atomic E-state index is 11.9. The number of hydrogen-bond donors (Lipinski definition) is 0. The summed E-state index contributed by atoms with van der Waals surface area (Å²) in [5.41, 5.74) is 0.0168. The van der Waals surface area contributed by atoms with Gasteiger partial charge >= 0.3 is 6.09 Å². The van der Waals surface area contributed by atoms with Crippen LogP contribution in [0.15, 0.2) is 36.4 Å². The van der Waals surface area contributed by atoms with E-state index in [4.69, 9.17) is 9.47 Å². The summed E-state index contributed by atoms with van der Waals surface area (Å²) in [6, 6.07) is 11.4. The second-order valence-electron chi connectivity index (χ2n) is 6.93. The lowest BCUT2D eigenvalue weighted by atomic mass is 10.1. The minimum Gasteiger partial charge on any atom is -0.492 e. The highest BCUT2D eigenvalue weighted by atomic mass is 16.6. The van der Waals surface area contributed by atoms with E-state index in [9.17, 15) is 9.59 Å². The van der Waals surface area contributed by atoms with E-state index < -0.39 is 5.60 Å². The van der Waals surface area contributed by atoms with Crippen molar-refractivity contribution in [3.8, 4) is 5.75 Å². The van der Waals surface area contributed by atoms with Crippen molar-refractivity contribution in [3.05, 3.63) is 42.0 Å². The zero-order chi connectivity index (χ0) is 18.4. The van der Waals surface area contributed by atoms with E-state index in [-0.39, 0.29) is 6.09 Å². The first-order valence-corrected chi connectivity index (χ1v) is 8.35. The number of fused-ring (bicyclic) bond motifs is 1. The molecular formula is C20H25NO4. The van der Waals surface area contributed by atoms with E-state index in [0.29, 0.717) is 30.9 Å². The van der Waals surface area contributed by atoms with Crippen LogP contribution in [0.2, 0.25) is 0 Å². The van der Waals surface area contributed by atoms with Gasteiger partial charge in [0, 0.05) is 19.0 Å². The Morgan fingerprint density at radius 2 is 1.88 bits per heavy atom. The SMILES string of the molecule is CN(CCCOc1c(C=O)ccc2ccccc12)C(=O)OC(C)(C)C. The highest BCUT2D eigenvalue weighted by molar-refractivity contribution is 5.96. The second kappa shape index (κ2) is 8.01. The van der Waals surface area contributed by atoms with Gasteiger partial charge in [0.05, 0.1) is 12.2 Å². The van der Waals surface area contributed by atoms with Crippen LogP contribution in [0, 0.1) is 0 Å². The highest BCUT2D eigenvalue weighted by Gasteiger charge is 2.19. The number of nitrogens with zero attached hydrogens (tertiary/aromatic N) is 1. The van der Waals surface area contributed by atoms with Crippen molar-refractivity contribution in [1.29, 1.82) is 0 Å². The number of aldehydes is 1. The number of amides is 1. The Hall–Kier alpha value is -2.56. The van der Waals surface area contributed by atoms with Crippen LogP contribution >= 0.6 is 0 Å². The zero-order valence-corrected chi connectivity index (χ0v) is 15.2. The maximum absolute atomic E-state index is 11.9. The molecule has 1 amide bonds. The number of hydrogen-bond acceptors (Lipinski definition) is 4. The van der Waals surface area contributed by atoms with Crippen molar-refractivity contribution < 1.29 is 19.1 Å². The van der Waals surface area contributed by atoms with Gasteiger partial charge in [-0.1, -0.05) is 30.3 Å². The van der Waals surface area contributed by atoms with Crippen LogP contribution in [-0.2, 0) is 4.74 Å². The Kier molecular flexibility index (Phi) is 6.02. The highest BCUT2D eigenvalue weighted by Crippen LogP contribution is 2.29. The average Bonchev–Trinajstić information content (AvgIpc) is 2.56. The first-order valence-electron chi connectivity index (χ1n) is 8.35. The molecule has 2 rings (SSSR count). The Bertz CT molecular complexity index is 749. The predicted molar refractivity (Wildman–Crippen MR) is 98.3 cm³/mol. The van der Waals surface area contributed by atoms with E-state index in [0.717, 1.165) is 17.1 Å². The average molecular weight is 343 g/mol. The van der Waals surface area contributed by atoms with Crippen LogP contribution in [-0.4, -0.2) is 43.1 Å². The first-order chi connectivity index (χ1) is 11.8. The summed E-state index contributed by atoms with van der Waals surface area (Å²) in [4.78, 5) is 24.7. The van der Waals surface area contributed by atoms with Crippen molar-refractivity contribution in [2.75, 3.05) is 20.2 Å². The Labute approximate surface area is 148 Å². The molecular weight excluding hydrogens is 318 g/mol. The standard InChI is InChI=1S/C20H25NO4/c1-20(2,3)25-19(23)21(4)12-7-13-24-18-16(14-22)11-10-15-8-5-6-9-17(15)18/h5-6,8-11,14H,7,12-13H2,1-4H3. The molecule has 2 aromatic rings. The van der Waals surface area contributed by atoms with Gasteiger partial charge < -0.3 is 14.4 Å². The third kappa shape index (κ3) is 5.21. The molecule has 0 saturated heterocycles. The van der Waals surface area contributed by atoms with E-state index in [1.165, 1.54) is 4.90 Å². The number of carbonyl (C=O) groups excluding carboxylic acids is 2. The summed E-state index contributed by atoms with van der Waals surface area (Å²) in [6.07, 6.45) is 1.08. The van der Waals surface area contributed by atoms with Crippen molar-refractivity contribution in [2.45, 2.75) is 32.8 Å². The molecule has 0 aliphatic heterocycles. The van der Waals surface area contributed by atoms with Gasteiger partial charge in [-0.2, -0.15) is 0 Å². The molecule has 25 heavy (non-hydrogen) atoms. The fraction of sp³-hybridized carbons (Fsp3) is 0.400. The lowest BCUT2D eigenvalue weighted by Gasteiger charge is -2.24. The molecule has 2 aromatic carbocycles. The molecule has 0 aromatic heterocycles. The molecule has 0 saturated carbocycles. The van der Waals surface area contributed by atoms with Crippen molar-refractivity contribution in [3.63, 3.8) is 0 Å². The fourth-order valence-corrected chi connectivity index (χ4v) is 2.42. The topological polar surface area (TPSA) is 55.8 Å². The van der Waals surface area contributed by atoms with Gasteiger partial charge in [-0.3, -0.25) is 4.79 Å². The second-order valence-corrected chi connectivity index (χ2v) is 6.93. The van der Waals surface area contributed by atoms with Gasteiger partial charge in [0.1, 0.15) is 11.4 Å². The number of carbonyl (C=O) groups is 2. The van der Waals surface area contributed by atoms with Crippen LogP contribution in [0.1, 0.15) is 37.6 Å². The van der Waals surface area contributed by atoms with E-state index >= 15 is 0 Å². The number of benzene rings is 2. The summed E-state index contributed by atoms with van der Waals surface area (Å²) in [5, 5.41) is 1.93. The van der Waals surface area contributed by atoms with Crippen LogP contribution in [0.4, 0.5) is 4.79 Å². The van der Waals surface area contributed by atoms with Crippen molar-refractivity contribution in [1.82, 2.24) is 4.90 Å². The Balaban J connectivity index is 1.95. The van der Waals surface area contributed by atoms with Gasteiger partial charge in [-0.05, 0) is 38.6 Å². The minimum absolute atomic E-state index is 0.355. The molecule has 0 aliphatic rings. The summed E-state index contributed by atoms with van der Waals surface area (Å²) in [5.74, 6) is 0.591. The van der Waals surface area contributed by atoms with Crippen molar-refractivity contribution >= 4 is 23.2 Å². The van der Waals surface area contributed by atoms with Gasteiger partial charge in [0.2, 0.25) is 0 Å². The molecule has 5 nitrogen and oxygen atoms in total. The molecule has 5 heteroatoms. The van der Waals surface area contributed by atoms with E-state index in [2.05, 4.69) is 0 Å². The lowest BCUT2D eigenvalue weighted by Crippen LogP contribution is -2.35. The molecule has 0 unspecified atom stereocenters. The summed E-state index contributed by atoms with van der Waals surface area (Å²) >= 11 is 0. The zero-order valence-electron chi connectivity index (χ0n) is 15.2. The largest absolute Gasteiger partial charge is 0.492 e. The molecule has 134 valence electrons. The van der Waals surface area contributed by atoms with E-state index in [1.807, 2.05) is 51.1 Å². The number of ether oxygens (including phenoxy) is 2. The van der Waals surface area contributed by atoms with Crippen LogP contribution in [0.5, 0.6) is 5.75 Å². The summed E-state index contributed by atoms with van der Waals surface area (Å²) < 4.78 is 11.2. The Morgan fingerprint density at radius 3 is 2.56 bits per heavy atom. The van der Waals surface area contributed by atoms with Crippen molar-refractivity contribution in [2.24, 2.45) is 0 Å². The quantitative estimate of drug-likeness (QED) is 0.580. The smallest absolute Gasteiger partial charge is 0.410 e. The molecule has 0 aliphatic carbocycles. The minimum atomic E-state index is -0.510. The number of rotatable bonds is 6. The van der Waals surface area contributed by atoms with E-state index in [1.54, 1.807) is 13.1 Å². The van der Waals surface area contributed by atoms with Gasteiger partial charge in [-0.25, -0.2) is 4.79 Å². The molecule has 0 bridgehead atoms. The molecule has 0 heterocycles. The van der Waals surface area contributed by atoms with Crippen LogP contribution in [0.3, 0.4) is 0 Å². The van der Waals surface area contributed by atoms with Crippen LogP contribution < -0.4 is 4.74 Å². The summed E-state index contributed by atoms with van der Waals surface area (Å²) in [6.45, 7) is 6.42. The predicted octanol–water partition coefficient (Wildman–Crippen LogP) is 4.29. The third-order valence-corrected chi connectivity index (χ3v) is 3.63. The molecule has 0 spiro atoms. The third-order valence-electron chi connectivity index (χ3n) is 3.63. The molecule has 0 atom stereocenters. The fourth-order valence-electron chi connectivity index (χ4n) is 2.42. The van der Waals surface area contributed by atoms with Gasteiger partial charge in [-0.15, -0.1) is 0 Å². The molecule has 0 fully saturated rings. The van der Waals surface area contributed by atoms with Crippen LogP contribution in [0.25, 0.3) is 10.8 Å². The molecule has 0 N–H and O–H groups in total. The lowest BCUT2D eigenvalue weighted by molar-refractivity contribution is 0.0292. The monoisotopic (exact) mass is 343 g/mol. The maximum Gasteiger partial charge on any atom is 0.410 e. The van der Waals surface area contributed by atoms with Gasteiger partial charge in [0.15, 0.2) is 6.29 Å². The first kappa shape index (κ1) is 18.8. The Morgan fingerprint density at radius 1 is 1.16 bits per heavy atom.